The molecule has 0 spiro atoms. The topological polar surface area (TPSA) is 146 Å². The van der Waals surface area contributed by atoms with Crippen molar-refractivity contribution in [3.05, 3.63) is 23.7 Å². The van der Waals surface area contributed by atoms with E-state index in [2.05, 4.69) is 25.0 Å². The molecule has 2 aromatic rings. The molecule has 0 aromatic carbocycles. The first-order chi connectivity index (χ1) is 11.9. The molecule has 2 amide bonds. The zero-order chi connectivity index (χ0) is 18.0. The molecule has 1 atom stereocenters. The average Bonchev–Trinajstić information content (AvgIpc) is 3.16. The van der Waals surface area contributed by atoms with Crippen molar-refractivity contribution in [2.75, 3.05) is 23.7 Å². The maximum atomic E-state index is 11.6. The van der Waals surface area contributed by atoms with Gasteiger partial charge in [-0.25, -0.2) is 14.8 Å². The van der Waals surface area contributed by atoms with Crippen LogP contribution in [0.3, 0.4) is 0 Å². The van der Waals surface area contributed by atoms with E-state index in [1.165, 1.54) is 22.6 Å². The van der Waals surface area contributed by atoms with Crippen LogP contribution in [0.1, 0.15) is 22.6 Å². The van der Waals surface area contributed by atoms with Gasteiger partial charge in [-0.05, 0) is 30.9 Å². The molecule has 0 bridgehead atoms. The number of primary amides is 1. The number of hydrogen-bond acceptors (Lipinski definition) is 8. The van der Waals surface area contributed by atoms with Crippen LogP contribution in [0.2, 0.25) is 0 Å². The molecule has 10 nitrogen and oxygen atoms in total. The molecule has 0 aliphatic carbocycles. The molecule has 11 heteroatoms. The van der Waals surface area contributed by atoms with Crippen LogP contribution in [0.4, 0.5) is 21.4 Å². The fourth-order valence-corrected chi connectivity index (χ4v) is 3.19. The van der Waals surface area contributed by atoms with Crippen molar-refractivity contribution in [2.24, 2.45) is 5.73 Å². The summed E-state index contributed by atoms with van der Waals surface area (Å²) < 4.78 is 4.16. The van der Waals surface area contributed by atoms with Gasteiger partial charge in [0.1, 0.15) is 10.8 Å². The van der Waals surface area contributed by atoms with E-state index in [1.807, 2.05) is 13.0 Å². The third-order valence-corrected chi connectivity index (χ3v) is 4.48. The second-order valence-corrected chi connectivity index (χ2v) is 6.44. The van der Waals surface area contributed by atoms with Crippen molar-refractivity contribution < 1.29 is 14.7 Å². The van der Waals surface area contributed by atoms with E-state index in [9.17, 15) is 9.59 Å². The highest BCUT2D eigenvalue weighted by Gasteiger charge is 2.26. The first-order valence-corrected chi connectivity index (χ1v) is 8.31. The van der Waals surface area contributed by atoms with Gasteiger partial charge in [0.15, 0.2) is 11.5 Å². The molecule has 0 radical (unpaired) electrons. The van der Waals surface area contributed by atoms with Gasteiger partial charge in [-0.2, -0.15) is 4.37 Å². The Balaban J connectivity index is 1.78. The Morgan fingerprint density at radius 2 is 2.28 bits per heavy atom. The zero-order valence-electron chi connectivity index (χ0n) is 13.4. The molecule has 25 heavy (non-hydrogen) atoms. The fraction of sp³-hybridized carbons (Fsp3) is 0.357. The molecule has 3 rings (SSSR count). The lowest BCUT2D eigenvalue weighted by molar-refractivity contribution is 0.0996. The number of nitrogens with one attached hydrogen (secondary N) is 2. The summed E-state index contributed by atoms with van der Waals surface area (Å²) in [7, 11) is 0. The van der Waals surface area contributed by atoms with Crippen LogP contribution >= 0.6 is 11.5 Å². The van der Waals surface area contributed by atoms with Gasteiger partial charge in [0.05, 0.1) is 11.9 Å². The lowest BCUT2D eigenvalue weighted by Gasteiger charge is -2.15. The second-order valence-electron chi connectivity index (χ2n) is 5.63. The lowest BCUT2D eigenvalue weighted by Crippen LogP contribution is -2.30. The molecular weight excluding hydrogens is 346 g/mol. The number of nitrogens with two attached hydrogens (primary N) is 1. The highest BCUT2D eigenvalue weighted by Crippen LogP contribution is 2.24. The summed E-state index contributed by atoms with van der Waals surface area (Å²) in [5.41, 5.74) is 6.22. The Hall–Kier alpha value is -2.95. The molecule has 132 valence electrons. The molecule has 1 aliphatic heterocycles. The van der Waals surface area contributed by atoms with Crippen molar-refractivity contribution in [3.8, 4) is 0 Å². The van der Waals surface area contributed by atoms with Crippen LogP contribution in [0.15, 0.2) is 12.3 Å². The Labute approximate surface area is 147 Å². The van der Waals surface area contributed by atoms with Crippen molar-refractivity contribution in [1.82, 2.24) is 19.2 Å². The SMILES string of the molecule is Cc1cc(Nc2nc(N[C@H]3CCN(C(=O)O)C3)cnc2C(N)=O)sn1. The number of aryl methyl sites for hydroxylation is 1. The quantitative estimate of drug-likeness (QED) is 0.620. The maximum Gasteiger partial charge on any atom is 0.407 e. The number of carbonyl (C=O) groups is 2. The van der Waals surface area contributed by atoms with Crippen molar-refractivity contribution in [3.63, 3.8) is 0 Å². The minimum absolute atomic E-state index is 0.0233. The molecule has 1 aliphatic rings. The summed E-state index contributed by atoms with van der Waals surface area (Å²) in [5, 5.41) is 15.9. The largest absolute Gasteiger partial charge is 0.465 e. The zero-order valence-corrected chi connectivity index (χ0v) is 14.2. The highest BCUT2D eigenvalue weighted by molar-refractivity contribution is 7.10. The molecule has 0 saturated carbocycles. The molecule has 1 saturated heterocycles. The first-order valence-electron chi connectivity index (χ1n) is 7.54. The molecule has 0 unspecified atom stereocenters. The number of carboxylic acid groups (broad SMARTS) is 1. The van der Waals surface area contributed by atoms with E-state index in [1.54, 1.807) is 0 Å². The normalized spacial score (nSPS) is 16.7. The van der Waals surface area contributed by atoms with Crippen LogP contribution in [-0.4, -0.2) is 55.5 Å². The number of nitrogens with zero attached hydrogens (tertiary/aromatic N) is 4. The lowest BCUT2D eigenvalue weighted by atomic mass is 10.2. The standard InChI is InChI=1S/C14H17N7O3S/c1-7-4-10(25-20-7)19-13-11(12(15)22)16-5-9(18-13)17-8-2-3-21(6-8)14(23)24/h4-5,8H,2-3,6H2,1H3,(H2,15,22)(H,23,24)(H2,17,18,19)/t8-/m0/s1. The van der Waals surface area contributed by atoms with Gasteiger partial charge in [-0.15, -0.1) is 0 Å². The predicted octanol–water partition coefficient (Wildman–Crippen LogP) is 1.25. The third-order valence-electron chi connectivity index (χ3n) is 3.69. The maximum absolute atomic E-state index is 11.6. The van der Waals surface area contributed by atoms with Gasteiger partial charge in [0.25, 0.3) is 5.91 Å². The number of amides is 2. The number of aromatic nitrogens is 3. The third kappa shape index (κ3) is 3.94. The molecule has 1 fully saturated rings. The fourth-order valence-electron chi connectivity index (χ4n) is 2.53. The number of likely N-dealkylation sites (tertiary alicyclic amines) is 1. The van der Waals surface area contributed by atoms with Crippen molar-refractivity contribution in [2.45, 2.75) is 19.4 Å². The predicted molar refractivity (Wildman–Crippen MR) is 92.3 cm³/mol. The van der Waals surface area contributed by atoms with Gasteiger partial charge < -0.3 is 26.4 Å². The van der Waals surface area contributed by atoms with Crippen LogP contribution in [0, 0.1) is 6.92 Å². The Morgan fingerprint density at radius 3 is 2.88 bits per heavy atom. The van der Waals surface area contributed by atoms with Gasteiger partial charge in [0.2, 0.25) is 0 Å². The van der Waals surface area contributed by atoms with E-state index in [-0.39, 0.29) is 17.6 Å². The van der Waals surface area contributed by atoms with E-state index < -0.39 is 12.0 Å². The number of hydrogen-bond donors (Lipinski definition) is 4. The summed E-state index contributed by atoms with van der Waals surface area (Å²) >= 11 is 1.23. The van der Waals surface area contributed by atoms with Gasteiger partial charge in [-0.1, -0.05) is 0 Å². The number of anilines is 3. The Morgan fingerprint density at radius 1 is 1.48 bits per heavy atom. The molecule has 2 aromatic heterocycles. The monoisotopic (exact) mass is 363 g/mol. The van der Waals surface area contributed by atoms with Gasteiger partial charge in [0, 0.05) is 19.1 Å². The minimum Gasteiger partial charge on any atom is -0.465 e. The average molecular weight is 363 g/mol. The van der Waals surface area contributed by atoms with Gasteiger partial charge in [-0.3, -0.25) is 4.79 Å². The van der Waals surface area contributed by atoms with Crippen molar-refractivity contribution >= 4 is 40.2 Å². The number of carbonyl (C=O) groups excluding carboxylic acids is 1. The van der Waals surface area contributed by atoms with E-state index in [0.717, 1.165) is 5.69 Å². The summed E-state index contributed by atoms with van der Waals surface area (Å²) in [5.74, 6) is -0.0269. The molecular formula is C14H17N7O3S. The second kappa shape index (κ2) is 6.89. The first kappa shape index (κ1) is 16.9. The van der Waals surface area contributed by atoms with Crippen LogP contribution < -0.4 is 16.4 Å². The molecule has 5 N–H and O–H groups in total. The van der Waals surface area contributed by atoms with E-state index >= 15 is 0 Å². The Bertz CT molecular complexity index is 809. The van der Waals surface area contributed by atoms with Crippen LogP contribution in [0.5, 0.6) is 0 Å². The van der Waals surface area contributed by atoms with Crippen molar-refractivity contribution in [1.29, 1.82) is 0 Å². The summed E-state index contributed by atoms with van der Waals surface area (Å²) in [6, 6.07) is 1.75. The molecule has 3 heterocycles. The Kier molecular flexibility index (Phi) is 4.65. The van der Waals surface area contributed by atoms with Crippen LogP contribution in [-0.2, 0) is 0 Å². The highest BCUT2D eigenvalue weighted by atomic mass is 32.1. The minimum atomic E-state index is -0.942. The summed E-state index contributed by atoms with van der Waals surface area (Å²) in [6.07, 6.45) is 1.14. The number of rotatable bonds is 5. The smallest absolute Gasteiger partial charge is 0.407 e. The summed E-state index contributed by atoms with van der Waals surface area (Å²) in [6.45, 7) is 2.69. The van der Waals surface area contributed by atoms with E-state index in [4.69, 9.17) is 10.8 Å². The van der Waals surface area contributed by atoms with E-state index in [0.29, 0.717) is 30.3 Å². The summed E-state index contributed by atoms with van der Waals surface area (Å²) in [4.78, 5) is 32.3. The van der Waals surface area contributed by atoms with Crippen LogP contribution in [0.25, 0.3) is 0 Å². The van der Waals surface area contributed by atoms with Gasteiger partial charge >= 0.3 is 6.09 Å².